The number of rotatable bonds is 6. The van der Waals surface area contributed by atoms with Crippen molar-refractivity contribution < 1.29 is 0 Å². The molecule has 0 radical (unpaired) electrons. The summed E-state index contributed by atoms with van der Waals surface area (Å²) in [5.41, 5.74) is 4.12. The van der Waals surface area contributed by atoms with Gasteiger partial charge in [0.25, 0.3) is 0 Å². The van der Waals surface area contributed by atoms with Gasteiger partial charge in [0, 0.05) is 37.9 Å². The highest BCUT2D eigenvalue weighted by Crippen LogP contribution is 2.37. The summed E-state index contributed by atoms with van der Waals surface area (Å²) in [6.07, 6.45) is 6.55. The summed E-state index contributed by atoms with van der Waals surface area (Å²) in [5.74, 6) is 1.13. The first-order valence-electron chi connectivity index (χ1n) is 10.7. The van der Waals surface area contributed by atoms with E-state index in [2.05, 4.69) is 109 Å². The molecule has 0 aliphatic carbocycles. The summed E-state index contributed by atoms with van der Waals surface area (Å²) in [6.45, 7) is 4.31. The van der Waals surface area contributed by atoms with Gasteiger partial charge in [-0.05, 0) is 48.9 Å². The van der Waals surface area contributed by atoms with Crippen molar-refractivity contribution in [2.75, 3.05) is 13.1 Å². The van der Waals surface area contributed by atoms with Crippen LogP contribution in [0.3, 0.4) is 0 Å². The second kappa shape index (κ2) is 9.13. The van der Waals surface area contributed by atoms with Crippen molar-refractivity contribution in [3.05, 3.63) is 95.8 Å². The Hall–Kier alpha value is -2.81. The highest BCUT2D eigenvalue weighted by atomic mass is 15.2. The van der Waals surface area contributed by atoms with E-state index in [0.29, 0.717) is 11.8 Å². The first kappa shape index (κ1) is 19.5. The van der Waals surface area contributed by atoms with Crippen LogP contribution in [0.15, 0.2) is 84.0 Å². The third-order valence-electron chi connectivity index (χ3n) is 6.23. The minimum atomic E-state index is 0.189. The van der Waals surface area contributed by atoms with Crippen LogP contribution in [0.25, 0.3) is 0 Å². The van der Waals surface area contributed by atoms with Crippen LogP contribution in [-0.2, 0) is 7.05 Å². The Morgan fingerprint density at radius 2 is 1.45 bits per heavy atom. The van der Waals surface area contributed by atoms with E-state index in [-0.39, 0.29) is 6.04 Å². The average molecular weight is 386 g/mol. The lowest BCUT2D eigenvalue weighted by atomic mass is 9.76. The molecule has 1 saturated heterocycles. The zero-order chi connectivity index (χ0) is 20.1. The van der Waals surface area contributed by atoms with Crippen LogP contribution in [0, 0.1) is 5.92 Å². The van der Waals surface area contributed by atoms with Gasteiger partial charge in [0.05, 0.1) is 12.4 Å². The number of nitrogens with zero attached hydrogens (tertiary/aromatic N) is 3. The van der Waals surface area contributed by atoms with E-state index in [1.165, 1.54) is 29.7 Å². The minimum Gasteiger partial charge on any atom is -0.363 e. The van der Waals surface area contributed by atoms with Gasteiger partial charge in [0.15, 0.2) is 0 Å². The first-order chi connectivity index (χ1) is 14.2. The van der Waals surface area contributed by atoms with Gasteiger partial charge in [-0.2, -0.15) is 0 Å². The van der Waals surface area contributed by atoms with E-state index >= 15 is 0 Å². The summed E-state index contributed by atoms with van der Waals surface area (Å²) in [6, 6.07) is 26.4. The zero-order valence-electron chi connectivity index (χ0n) is 17.5. The lowest BCUT2D eigenvalue weighted by Gasteiger charge is -2.36. The summed E-state index contributed by atoms with van der Waals surface area (Å²) in [5, 5.41) is 0. The predicted octanol–water partition coefficient (Wildman–Crippen LogP) is 5.66. The maximum atomic E-state index is 4.82. The molecule has 3 heteroatoms. The topological polar surface area (TPSA) is 20.5 Å². The van der Waals surface area contributed by atoms with Crippen molar-refractivity contribution in [2.24, 2.45) is 18.0 Å². The Morgan fingerprint density at radius 3 is 1.97 bits per heavy atom. The monoisotopic (exact) mass is 385 g/mol. The number of aryl methyl sites for hydroxylation is 1. The molecule has 150 valence electrons. The van der Waals surface area contributed by atoms with Crippen molar-refractivity contribution in [1.82, 2.24) is 9.47 Å². The van der Waals surface area contributed by atoms with Gasteiger partial charge in [0.1, 0.15) is 0 Å². The Labute approximate surface area is 174 Å². The third kappa shape index (κ3) is 4.61. The largest absolute Gasteiger partial charge is 0.363 e. The van der Waals surface area contributed by atoms with Gasteiger partial charge in [0.2, 0.25) is 0 Å². The van der Waals surface area contributed by atoms with E-state index in [4.69, 9.17) is 4.99 Å². The van der Waals surface area contributed by atoms with Crippen LogP contribution < -0.4 is 0 Å². The summed E-state index contributed by atoms with van der Waals surface area (Å²) in [7, 11) is 2.08. The molecule has 3 nitrogen and oxygen atoms in total. The SMILES string of the molecule is CC(/N=C/N1CCC(C(c2ccccc2)c2ccccc2)CC1)c1cccn1C. The van der Waals surface area contributed by atoms with Crippen molar-refractivity contribution in [2.45, 2.75) is 31.7 Å². The maximum absolute atomic E-state index is 4.82. The van der Waals surface area contributed by atoms with E-state index in [9.17, 15) is 0 Å². The van der Waals surface area contributed by atoms with Crippen LogP contribution in [0.2, 0.25) is 0 Å². The molecule has 29 heavy (non-hydrogen) atoms. The molecule has 1 unspecified atom stereocenters. The second-order valence-corrected chi connectivity index (χ2v) is 8.16. The smallest absolute Gasteiger partial charge is 0.0888 e. The molecule has 0 bridgehead atoms. The minimum absolute atomic E-state index is 0.189. The van der Waals surface area contributed by atoms with Crippen molar-refractivity contribution in [3.8, 4) is 0 Å². The molecule has 1 aliphatic rings. The fourth-order valence-electron chi connectivity index (χ4n) is 4.60. The normalized spacial score (nSPS) is 16.6. The summed E-state index contributed by atoms with van der Waals surface area (Å²) < 4.78 is 2.15. The molecular formula is C26H31N3. The van der Waals surface area contributed by atoms with E-state index < -0.39 is 0 Å². The van der Waals surface area contributed by atoms with E-state index in [1.807, 2.05) is 0 Å². The highest BCUT2D eigenvalue weighted by molar-refractivity contribution is 5.55. The Balaban J connectivity index is 1.43. The van der Waals surface area contributed by atoms with Gasteiger partial charge < -0.3 is 9.47 Å². The molecule has 1 atom stereocenters. The molecule has 2 aromatic carbocycles. The van der Waals surface area contributed by atoms with Gasteiger partial charge in [-0.1, -0.05) is 60.7 Å². The number of likely N-dealkylation sites (tertiary alicyclic amines) is 1. The lowest BCUT2D eigenvalue weighted by Crippen LogP contribution is -2.35. The number of benzene rings is 2. The fourth-order valence-corrected chi connectivity index (χ4v) is 4.60. The average Bonchev–Trinajstić information content (AvgIpc) is 3.21. The van der Waals surface area contributed by atoms with E-state index in [1.54, 1.807) is 0 Å². The number of hydrogen-bond acceptors (Lipinski definition) is 1. The molecule has 1 aromatic heterocycles. The van der Waals surface area contributed by atoms with Crippen LogP contribution >= 0.6 is 0 Å². The molecular weight excluding hydrogens is 354 g/mol. The summed E-state index contributed by atoms with van der Waals surface area (Å²) >= 11 is 0. The predicted molar refractivity (Wildman–Crippen MR) is 121 cm³/mol. The fraction of sp³-hybridized carbons (Fsp3) is 0.346. The Morgan fingerprint density at radius 1 is 0.862 bits per heavy atom. The summed E-state index contributed by atoms with van der Waals surface area (Å²) in [4.78, 5) is 7.21. The molecule has 0 spiro atoms. The number of piperidine rings is 1. The van der Waals surface area contributed by atoms with Crippen molar-refractivity contribution in [3.63, 3.8) is 0 Å². The molecule has 0 saturated carbocycles. The number of hydrogen-bond donors (Lipinski definition) is 0. The zero-order valence-corrected chi connectivity index (χ0v) is 17.5. The van der Waals surface area contributed by atoms with Crippen molar-refractivity contribution >= 4 is 6.34 Å². The van der Waals surface area contributed by atoms with E-state index in [0.717, 1.165) is 13.1 Å². The molecule has 3 aromatic rings. The van der Waals surface area contributed by atoms with Crippen LogP contribution in [0.5, 0.6) is 0 Å². The maximum Gasteiger partial charge on any atom is 0.0888 e. The molecule has 1 aliphatic heterocycles. The number of aromatic nitrogens is 1. The molecule has 0 N–H and O–H groups in total. The molecule has 1 fully saturated rings. The Bertz CT molecular complexity index is 866. The first-order valence-corrected chi connectivity index (χ1v) is 10.7. The standard InChI is InChI=1S/C26H31N3/c1-21(25-14-9-17-28(25)2)27-20-29-18-15-24(16-19-29)26(22-10-5-3-6-11-22)23-12-7-4-8-13-23/h3-14,17,20-21,24,26H,15-16,18-19H2,1-2H3/b27-20+. The molecule has 2 heterocycles. The lowest BCUT2D eigenvalue weighted by molar-refractivity contribution is 0.253. The van der Waals surface area contributed by atoms with Gasteiger partial charge >= 0.3 is 0 Å². The quantitative estimate of drug-likeness (QED) is 0.396. The third-order valence-corrected chi connectivity index (χ3v) is 6.23. The highest BCUT2D eigenvalue weighted by Gasteiger charge is 2.28. The number of aliphatic imine (C=N–C) groups is 1. The van der Waals surface area contributed by atoms with Gasteiger partial charge in [-0.15, -0.1) is 0 Å². The van der Waals surface area contributed by atoms with Gasteiger partial charge in [-0.3, -0.25) is 4.99 Å². The van der Waals surface area contributed by atoms with Crippen molar-refractivity contribution in [1.29, 1.82) is 0 Å². The van der Waals surface area contributed by atoms with Crippen LogP contribution in [0.4, 0.5) is 0 Å². The van der Waals surface area contributed by atoms with Gasteiger partial charge in [-0.25, -0.2) is 0 Å². The second-order valence-electron chi connectivity index (χ2n) is 8.16. The van der Waals surface area contributed by atoms with Crippen LogP contribution in [-0.4, -0.2) is 28.9 Å². The van der Waals surface area contributed by atoms with Crippen LogP contribution in [0.1, 0.15) is 48.5 Å². The molecule has 0 amide bonds. The molecule has 4 rings (SSSR count). The Kier molecular flexibility index (Phi) is 6.14.